The maximum Gasteiger partial charge on any atom is 0.309 e. The number of amides is 1. The average Bonchev–Trinajstić information content (AvgIpc) is 3.10. The van der Waals surface area contributed by atoms with E-state index in [1.807, 2.05) is 0 Å². The Kier molecular flexibility index (Phi) is 5.91. The highest BCUT2D eigenvalue weighted by molar-refractivity contribution is 6.51. The molecule has 8 heteroatoms. The number of Topliss-reactive ketones (excluding diaryl/α,β-unsaturated/α-hetero) is 1. The van der Waals surface area contributed by atoms with Crippen LogP contribution in [-0.2, 0) is 25.5 Å². The summed E-state index contributed by atoms with van der Waals surface area (Å²) in [6.45, 7) is 0. The van der Waals surface area contributed by atoms with E-state index in [0.29, 0.717) is 22.4 Å². The summed E-state index contributed by atoms with van der Waals surface area (Å²) in [6, 6.07) is 14.8. The third-order valence-corrected chi connectivity index (χ3v) is 5.37. The molecule has 2 N–H and O–H groups in total. The summed E-state index contributed by atoms with van der Waals surface area (Å²) < 4.78 is 4.67. The number of nitrogens with zero attached hydrogens (tertiary/aromatic N) is 2. The van der Waals surface area contributed by atoms with Gasteiger partial charge in [0.25, 0.3) is 11.7 Å². The minimum absolute atomic E-state index is 0.0459. The first-order valence-corrected chi connectivity index (χ1v) is 10.1. The molecule has 2 aromatic carbocycles. The first-order valence-electron chi connectivity index (χ1n) is 10.1. The quantitative estimate of drug-likeness (QED) is 0.269. The molecule has 1 fully saturated rings. The van der Waals surface area contributed by atoms with Crippen LogP contribution in [0.25, 0.3) is 5.76 Å². The standard InChI is InChI=1S/C25H20N2O6/c1-33-20(29)13-15-5-7-18(8-6-15)27-22(17-3-2-4-19(28)14-17)21(24(31)25(27)32)23(30)16-9-11-26-12-10-16/h2-12,14,22,28,30H,13H2,1H3/b23-21-. The van der Waals surface area contributed by atoms with Crippen molar-refractivity contribution in [2.45, 2.75) is 12.5 Å². The molecule has 1 saturated heterocycles. The van der Waals surface area contributed by atoms with Crippen molar-refractivity contribution in [2.75, 3.05) is 12.0 Å². The normalized spacial score (nSPS) is 17.2. The number of aromatic nitrogens is 1. The van der Waals surface area contributed by atoms with E-state index in [0.717, 1.165) is 0 Å². The van der Waals surface area contributed by atoms with Gasteiger partial charge in [0.05, 0.1) is 25.1 Å². The van der Waals surface area contributed by atoms with Crippen molar-refractivity contribution in [2.24, 2.45) is 0 Å². The zero-order valence-electron chi connectivity index (χ0n) is 17.6. The van der Waals surface area contributed by atoms with Gasteiger partial charge in [-0.1, -0.05) is 24.3 Å². The number of methoxy groups -OCH3 is 1. The zero-order chi connectivity index (χ0) is 23.5. The van der Waals surface area contributed by atoms with E-state index in [4.69, 9.17) is 0 Å². The molecule has 2 heterocycles. The van der Waals surface area contributed by atoms with Crippen LogP contribution >= 0.6 is 0 Å². The maximum absolute atomic E-state index is 13.1. The molecule has 3 aromatic rings. The average molecular weight is 444 g/mol. The van der Waals surface area contributed by atoms with Gasteiger partial charge in [0.15, 0.2) is 0 Å². The van der Waals surface area contributed by atoms with Crippen LogP contribution in [0.5, 0.6) is 5.75 Å². The topological polar surface area (TPSA) is 117 Å². The Morgan fingerprint density at radius 1 is 1.06 bits per heavy atom. The maximum atomic E-state index is 13.1. The summed E-state index contributed by atoms with van der Waals surface area (Å²) >= 11 is 0. The first-order chi connectivity index (χ1) is 15.9. The number of phenolic OH excluding ortho intramolecular Hbond substituents is 1. The largest absolute Gasteiger partial charge is 0.508 e. The molecule has 1 aliphatic rings. The van der Waals surface area contributed by atoms with Crippen molar-refractivity contribution in [1.82, 2.24) is 4.98 Å². The molecule has 166 valence electrons. The lowest BCUT2D eigenvalue weighted by Gasteiger charge is -2.25. The first kappa shape index (κ1) is 21.8. The Balaban J connectivity index is 1.85. The second-order valence-corrected chi connectivity index (χ2v) is 7.42. The number of rotatable bonds is 5. The lowest BCUT2D eigenvalue weighted by Crippen LogP contribution is -2.29. The molecule has 33 heavy (non-hydrogen) atoms. The minimum atomic E-state index is -0.975. The lowest BCUT2D eigenvalue weighted by molar-refractivity contribution is -0.139. The van der Waals surface area contributed by atoms with Crippen LogP contribution in [0.4, 0.5) is 5.69 Å². The Morgan fingerprint density at radius 2 is 1.76 bits per heavy atom. The van der Waals surface area contributed by atoms with Crippen molar-refractivity contribution in [1.29, 1.82) is 0 Å². The third kappa shape index (κ3) is 4.18. The number of ketones is 1. The van der Waals surface area contributed by atoms with Gasteiger partial charge in [-0.15, -0.1) is 0 Å². The predicted octanol–water partition coefficient (Wildman–Crippen LogP) is 3.13. The highest BCUT2D eigenvalue weighted by atomic mass is 16.5. The van der Waals surface area contributed by atoms with Crippen LogP contribution in [0.3, 0.4) is 0 Å². The second kappa shape index (κ2) is 8.96. The summed E-state index contributed by atoms with van der Waals surface area (Å²) in [6.07, 6.45) is 3.00. The number of ether oxygens (including phenoxy) is 1. The summed E-state index contributed by atoms with van der Waals surface area (Å²) in [5.41, 5.74) is 1.75. The van der Waals surface area contributed by atoms with Crippen LogP contribution < -0.4 is 4.90 Å². The molecule has 0 spiro atoms. The fraction of sp³-hybridized carbons (Fsp3) is 0.120. The molecule has 1 aliphatic heterocycles. The number of anilines is 1. The van der Waals surface area contributed by atoms with Crippen LogP contribution in [0.2, 0.25) is 0 Å². The number of aliphatic hydroxyl groups is 1. The predicted molar refractivity (Wildman–Crippen MR) is 119 cm³/mol. The highest BCUT2D eigenvalue weighted by Crippen LogP contribution is 2.42. The number of hydrogen-bond acceptors (Lipinski definition) is 7. The molecule has 0 radical (unpaired) electrons. The Bertz CT molecular complexity index is 1250. The van der Waals surface area contributed by atoms with Crippen molar-refractivity contribution in [3.8, 4) is 5.75 Å². The lowest BCUT2D eigenvalue weighted by atomic mass is 9.95. The molecule has 8 nitrogen and oxygen atoms in total. The van der Waals surface area contributed by atoms with E-state index >= 15 is 0 Å². The Morgan fingerprint density at radius 3 is 2.39 bits per heavy atom. The Labute approximate surface area is 189 Å². The van der Waals surface area contributed by atoms with Crippen molar-refractivity contribution < 1.29 is 29.3 Å². The molecule has 4 rings (SSSR count). The van der Waals surface area contributed by atoms with Gasteiger partial charge in [0.1, 0.15) is 11.5 Å². The van der Waals surface area contributed by atoms with Crippen molar-refractivity contribution in [3.63, 3.8) is 0 Å². The van der Waals surface area contributed by atoms with Crippen molar-refractivity contribution in [3.05, 3.63) is 95.3 Å². The number of hydrogen-bond donors (Lipinski definition) is 2. The van der Waals surface area contributed by atoms with E-state index < -0.39 is 23.7 Å². The summed E-state index contributed by atoms with van der Waals surface area (Å²) in [5, 5.41) is 21.0. The fourth-order valence-electron chi connectivity index (χ4n) is 3.79. The number of aromatic hydroxyl groups is 1. The summed E-state index contributed by atoms with van der Waals surface area (Å²) in [5.74, 6) is -2.46. The molecular weight excluding hydrogens is 424 g/mol. The van der Waals surface area contributed by atoms with Gasteiger partial charge in [-0.05, 0) is 47.5 Å². The number of pyridine rings is 1. The fourth-order valence-corrected chi connectivity index (χ4v) is 3.79. The van der Waals surface area contributed by atoms with Gasteiger partial charge in [0.2, 0.25) is 0 Å². The SMILES string of the molecule is COC(=O)Cc1ccc(N2C(=O)C(=O)/C(=C(\O)c3ccncc3)C2c2cccc(O)c2)cc1. The number of benzene rings is 2. The van der Waals surface area contributed by atoms with Gasteiger partial charge in [-0.25, -0.2) is 0 Å². The molecule has 0 aliphatic carbocycles. The van der Waals surface area contributed by atoms with Crippen molar-refractivity contribution >= 4 is 29.1 Å². The molecule has 1 unspecified atom stereocenters. The minimum Gasteiger partial charge on any atom is -0.508 e. The van der Waals surface area contributed by atoms with Gasteiger partial charge in [-0.3, -0.25) is 24.3 Å². The third-order valence-electron chi connectivity index (χ3n) is 5.37. The van der Waals surface area contributed by atoms with Crippen LogP contribution in [0, 0.1) is 0 Å². The van der Waals surface area contributed by atoms with E-state index in [9.17, 15) is 24.6 Å². The van der Waals surface area contributed by atoms with Crippen LogP contribution in [0.15, 0.2) is 78.6 Å². The van der Waals surface area contributed by atoms with Crippen LogP contribution in [-0.4, -0.2) is 40.0 Å². The molecule has 0 bridgehead atoms. The molecule has 1 aromatic heterocycles. The van der Waals surface area contributed by atoms with E-state index in [1.165, 1.54) is 48.7 Å². The number of carbonyl (C=O) groups is 3. The molecule has 1 atom stereocenters. The highest BCUT2D eigenvalue weighted by Gasteiger charge is 2.47. The van der Waals surface area contributed by atoms with Gasteiger partial charge >= 0.3 is 5.97 Å². The number of carbonyl (C=O) groups excluding carboxylic acids is 3. The summed E-state index contributed by atoms with van der Waals surface area (Å²) in [7, 11) is 1.30. The number of aliphatic hydroxyl groups excluding tert-OH is 1. The zero-order valence-corrected chi connectivity index (χ0v) is 17.6. The van der Waals surface area contributed by atoms with Gasteiger partial charge in [-0.2, -0.15) is 0 Å². The smallest absolute Gasteiger partial charge is 0.309 e. The number of phenols is 1. The summed E-state index contributed by atoms with van der Waals surface area (Å²) in [4.78, 5) is 42.9. The molecule has 0 saturated carbocycles. The monoisotopic (exact) mass is 444 g/mol. The van der Waals surface area contributed by atoms with E-state index in [1.54, 1.807) is 36.4 Å². The molecule has 1 amide bonds. The van der Waals surface area contributed by atoms with E-state index in [2.05, 4.69) is 9.72 Å². The van der Waals surface area contributed by atoms with Gasteiger partial charge < -0.3 is 14.9 Å². The van der Waals surface area contributed by atoms with Gasteiger partial charge in [0, 0.05) is 23.6 Å². The Hall–Kier alpha value is -4.46. The second-order valence-electron chi connectivity index (χ2n) is 7.42. The molecular formula is C25H20N2O6. The number of esters is 1. The van der Waals surface area contributed by atoms with E-state index in [-0.39, 0.29) is 23.5 Å². The van der Waals surface area contributed by atoms with Crippen LogP contribution in [0.1, 0.15) is 22.7 Å².